The maximum Gasteiger partial charge on any atom is 0.244 e. The number of nitrogens with zero attached hydrogens (tertiary/aromatic N) is 4. The van der Waals surface area contributed by atoms with Crippen molar-refractivity contribution in [3.05, 3.63) is 36.2 Å². The molecule has 2 aromatic heterocycles. The monoisotopic (exact) mass is 475 g/mol. The van der Waals surface area contributed by atoms with Crippen LogP contribution in [0.5, 0.6) is 5.75 Å². The van der Waals surface area contributed by atoms with E-state index in [4.69, 9.17) is 4.74 Å². The first-order chi connectivity index (χ1) is 15.9. The molecule has 33 heavy (non-hydrogen) atoms. The number of aromatic nitrogens is 3. The number of methoxy groups -OCH3 is 1. The highest BCUT2D eigenvalue weighted by molar-refractivity contribution is 7.89. The van der Waals surface area contributed by atoms with Crippen LogP contribution in [0.4, 0.5) is 8.78 Å². The highest BCUT2D eigenvalue weighted by atomic mass is 32.2. The molecule has 0 spiro atoms. The largest absolute Gasteiger partial charge is 0.497 e. The Morgan fingerprint density at radius 1 is 1.24 bits per heavy atom. The quantitative estimate of drug-likeness (QED) is 0.532. The first-order valence-corrected chi connectivity index (χ1v) is 12.0. The van der Waals surface area contributed by atoms with E-state index in [1.807, 2.05) is 16.9 Å². The highest BCUT2D eigenvalue weighted by Gasteiger charge is 2.28. The van der Waals surface area contributed by atoms with Crippen LogP contribution in [0.3, 0.4) is 0 Å². The first kappa shape index (κ1) is 23.1. The Morgan fingerprint density at radius 2 is 1.91 bits per heavy atom. The summed E-state index contributed by atoms with van der Waals surface area (Å²) in [6, 6.07) is 6.44. The van der Waals surface area contributed by atoms with Crippen LogP contribution in [0.1, 0.15) is 37.3 Å². The van der Waals surface area contributed by atoms with E-state index >= 15 is 0 Å². The molecule has 1 aromatic carbocycles. The summed E-state index contributed by atoms with van der Waals surface area (Å²) in [5.74, 6) is 0.804. The lowest BCUT2D eigenvalue weighted by Gasteiger charge is -2.17. The summed E-state index contributed by atoms with van der Waals surface area (Å²) in [7, 11) is -2.65. The average Bonchev–Trinajstić information content (AvgIpc) is 3.47. The maximum atomic E-state index is 12.8. The Morgan fingerprint density at radius 3 is 2.48 bits per heavy atom. The van der Waals surface area contributed by atoms with Gasteiger partial charge in [-0.15, -0.1) is 0 Å². The van der Waals surface area contributed by atoms with Crippen molar-refractivity contribution < 1.29 is 21.9 Å². The maximum absolute atomic E-state index is 12.8. The molecule has 0 aliphatic heterocycles. The van der Waals surface area contributed by atoms with Crippen molar-refractivity contribution in [1.82, 2.24) is 19.3 Å². The van der Waals surface area contributed by atoms with Crippen LogP contribution in [0.25, 0.3) is 22.4 Å². The van der Waals surface area contributed by atoms with Gasteiger partial charge in [0.1, 0.15) is 35.8 Å². The van der Waals surface area contributed by atoms with Gasteiger partial charge in [0.15, 0.2) is 5.82 Å². The minimum atomic E-state index is -4.20. The fraction of sp³-hybridized carbons (Fsp3) is 0.409. The average molecular weight is 476 g/mol. The van der Waals surface area contributed by atoms with Crippen molar-refractivity contribution in [3.8, 4) is 23.3 Å². The van der Waals surface area contributed by atoms with E-state index in [9.17, 15) is 22.5 Å². The lowest BCUT2D eigenvalue weighted by Crippen LogP contribution is -2.38. The Labute approximate surface area is 190 Å². The Balaban J connectivity index is 1.84. The predicted octanol–water partition coefficient (Wildman–Crippen LogP) is 3.68. The summed E-state index contributed by atoms with van der Waals surface area (Å²) in [5, 5.41) is 10.7. The van der Waals surface area contributed by atoms with Gasteiger partial charge in [0, 0.05) is 11.4 Å². The van der Waals surface area contributed by atoms with Crippen LogP contribution in [0, 0.1) is 11.3 Å². The molecule has 11 heteroatoms. The molecule has 0 unspecified atom stereocenters. The molecule has 0 bridgehead atoms. The van der Waals surface area contributed by atoms with Gasteiger partial charge in [-0.25, -0.2) is 31.9 Å². The molecule has 1 fully saturated rings. The van der Waals surface area contributed by atoms with Crippen LogP contribution in [-0.4, -0.2) is 49.5 Å². The fourth-order valence-electron chi connectivity index (χ4n) is 4.26. The lowest BCUT2D eigenvalue weighted by atomic mass is 10.1. The molecule has 1 aliphatic rings. The van der Waals surface area contributed by atoms with Crippen molar-refractivity contribution >= 4 is 20.9 Å². The predicted molar refractivity (Wildman–Crippen MR) is 118 cm³/mol. The first-order valence-electron chi connectivity index (χ1n) is 10.5. The van der Waals surface area contributed by atoms with Gasteiger partial charge in [-0.2, -0.15) is 5.26 Å². The second kappa shape index (κ2) is 9.41. The third kappa shape index (κ3) is 4.28. The van der Waals surface area contributed by atoms with Gasteiger partial charge in [-0.1, -0.05) is 12.8 Å². The third-order valence-corrected chi connectivity index (χ3v) is 7.33. The van der Waals surface area contributed by atoms with Crippen molar-refractivity contribution in [2.24, 2.45) is 0 Å². The van der Waals surface area contributed by atoms with Gasteiger partial charge in [-0.3, -0.25) is 0 Å². The minimum absolute atomic E-state index is 0.154. The normalized spacial score (nSPS) is 14.8. The Kier molecular flexibility index (Phi) is 6.58. The van der Waals surface area contributed by atoms with Gasteiger partial charge in [-0.05, 0) is 31.0 Å². The van der Waals surface area contributed by atoms with Crippen molar-refractivity contribution in [3.63, 3.8) is 0 Å². The topological polar surface area (TPSA) is 110 Å². The molecule has 0 radical (unpaired) electrons. The number of nitriles is 1. The van der Waals surface area contributed by atoms with Crippen LogP contribution in [0.2, 0.25) is 0 Å². The number of nitrogens with one attached hydrogen (secondary N) is 1. The van der Waals surface area contributed by atoms with E-state index in [0.29, 0.717) is 22.4 Å². The van der Waals surface area contributed by atoms with Gasteiger partial charge in [0.05, 0.1) is 36.6 Å². The number of halogens is 2. The van der Waals surface area contributed by atoms with Crippen molar-refractivity contribution in [2.45, 2.75) is 42.7 Å². The van der Waals surface area contributed by atoms with Gasteiger partial charge >= 0.3 is 0 Å². The standard InChI is InChI=1S/C22H23F2N5O3S/c1-32-16-6-7-20-18(8-16)19(11-25)21(29(20)15-4-2-3-5-15)22-26-12-17(13-27-22)33(30,31)28-14(9-23)10-24/h6-8,12-15,28H,2-5,9-10H2,1H3. The Hall–Kier alpha value is -3.10. The number of benzene rings is 1. The second-order valence-electron chi connectivity index (χ2n) is 7.90. The molecule has 0 amide bonds. The van der Waals surface area contributed by atoms with E-state index in [0.717, 1.165) is 43.6 Å². The molecule has 1 N–H and O–H groups in total. The molecule has 3 aromatic rings. The second-order valence-corrected chi connectivity index (χ2v) is 9.61. The number of hydrogen-bond acceptors (Lipinski definition) is 6. The zero-order chi connectivity index (χ0) is 23.6. The van der Waals surface area contributed by atoms with Crippen molar-refractivity contribution in [2.75, 3.05) is 20.5 Å². The van der Waals surface area contributed by atoms with Crippen LogP contribution in [-0.2, 0) is 10.0 Å². The molecule has 0 atom stereocenters. The smallest absolute Gasteiger partial charge is 0.244 e. The van der Waals surface area contributed by atoms with Crippen LogP contribution in [0.15, 0.2) is 35.5 Å². The van der Waals surface area contributed by atoms with Crippen molar-refractivity contribution in [1.29, 1.82) is 5.26 Å². The van der Waals surface area contributed by atoms with E-state index in [2.05, 4.69) is 20.6 Å². The molecule has 4 rings (SSSR count). The van der Waals surface area contributed by atoms with Gasteiger partial charge < -0.3 is 9.30 Å². The molecule has 1 aliphatic carbocycles. The highest BCUT2D eigenvalue weighted by Crippen LogP contribution is 2.41. The molecule has 0 saturated heterocycles. The minimum Gasteiger partial charge on any atom is -0.497 e. The summed E-state index contributed by atoms with van der Waals surface area (Å²) in [6.45, 7) is -2.35. The Bertz CT molecular complexity index is 1290. The number of fused-ring (bicyclic) bond motifs is 1. The third-order valence-electron chi connectivity index (χ3n) is 5.86. The number of rotatable bonds is 8. The fourth-order valence-corrected chi connectivity index (χ4v) is 5.35. The molecule has 8 nitrogen and oxygen atoms in total. The molecular weight excluding hydrogens is 452 g/mol. The van der Waals surface area contributed by atoms with Gasteiger partial charge in [0.2, 0.25) is 10.0 Å². The summed E-state index contributed by atoms with van der Waals surface area (Å²) >= 11 is 0. The summed E-state index contributed by atoms with van der Waals surface area (Å²) in [5.41, 5.74) is 1.74. The zero-order valence-electron chi connectivity index (χ0n) is 18.0. The molecule has 2 heterocycles. The van der Waals surface area contributed by atoms with E-state index in [1.165, 1.54) is 0 Å². The van der Waals surface area contributed by atoms with E-state index in [1.54, 1.807) is 13.2 Å². The summed E-state index contributed by atoms with van der Waals surface area (Å²) in [6.07, 6.45) is 6.18. The molecule has 174 valence electrons. The number of hydrogen-bond donors (Lipinski definition) is 1. The van der Waals surface area contributed by atoms with Crippen LogP contribution >= 0.6 is 0 Å². The van der Waals surface area contributed by atoms with E-state index in [-0.39, 0.29) is 16.8 Å². The number of alkyl halides is 2. The molecular formula is C22H23F2N5O3S. The molecule has 1 saturated carbocycles. The van der Waals surface area contributed by atoms with Gasteiger partial charge in [0.25, 0.3) is 0 Å². The number of sulfonamides is 1. The lowest BCUT2D eigenvalue weighted by molar-refractivity contribution is 0.334. The van der Waals surface area contributed by atoms with Crippen LogP contribution < -0.4 is 9.46 Å². The zero-order valence-corrected chi connectivity index (χ0v) is 18.8. The summed E-state index contributed by atoms with van der Waals surface area (Å²) < 4.78 is 59.7. The number of ether oxygens (including phenoxy) is 1. The summed E-state index contributed by atoms with van der Waals surface area (Å²) in [4.78, 5) is 8.15. The SMILES string of the molecule is COc1ccc2c(c1)c(C#N)c(-c1ncc(S(=O)(=O)NC(CF)CF)cn1)n2C1CCCC1. The van der Waals surface area contributed by atoms with E-state index < -0.39 is 29.4 Å².